The molecule has 0 aromatic carbocycles. The molecule has 0 amide bonds. The number of hydrogen-bond donors (Lipinski definition) is 0. The molecular weight excluding hydrogens is 150 g/mol. The van der Waals surface area contributed by atoms with Crippen LogP contribution in [0.2, 0.25) is 0 Å². The van der Waals surface area contributed by atoms with Gasteiger partial charge in [0, 0.05) is 18.0 Å². The molecule has 1 rings (SSSR count). The van der Waals surface area contributed by atoms with Crippen LogP contribution >= 0.6 is 0 Å². The summed E-state index contributed by atoms with van der Waals surface area (Å²) in [6.07, 6.45) is 3.80. The predicted molar refractivity (Wildman–Crippen MR) is 49.4 cm³/mol. The van der Waals surface area contributed by atoms with E-state index in [1.807, 2.05) is 12.1 Å². The van der Waals surface area contributed by atoms with Gasteiger partial charge in [-0.3, -0.25) is 4.98 Å². The summed E-state index contributed by atoms with van der Waals surface area (Å²) in [4.78, 5) is 4.19. The highest BCUT2D eigenvalue weighted by atomic mass is 16.5. The molecule has 2 heteroatoms. The fourth-order valence-corrected chi connectivity index (χ4v) is 0.959. The molecule has 0 radical (unpaired) electrons. The highest BCUT2D eigenvalue weighted by Gasteiger charge is 1.94. The number of aromatic nitrogens is 1. The van der Waals surface area contributed by atoms with Crippen LogP contribution in [0, 0.1) is 0 Å². The molecule has 0 unspecified atom stereocenters. The minimum atomic E-state index is 0.785. The van der Waals surface area contributed by atoms with E-state index < -0.39 is 0 Å². The third-order valence-electron chi connectivity index (χ3n) is 1.62. The van der Waals surface area contributed by atoms with Crippen LogP contribution in [0.3, 0.4) is 0 Å². The summed E-state index contributed by atoms with van der Waals surface area (Å²) < 4.78 is 5.46. The van der Waals surface area contributed by atoms with Crippen LogP contribution in [0.4, 0.5) is 0 Å². The van der Waals surface area contributed by atoms with Gasteiger partial charge in [-0.2, -0.15) is 0 Å². The largest absolute Gasteiger partial charge is 0.493 e. The molecule has 1 aromatic heterocycles. The number of rotatable bonds is 4. The van der Waals surface area contributed by atoms with Crippen molar-refractivity contribution >= 4 is 0 Å². The van der Waals surface area contributed by atoms with Gasteiger partial charge in [0.2, 0.25) is 0 Å². The zero-order chi connectivity index (χ0) is 8.81. The Kier molecular flexibility index (Phi) is 3.58. The van der Waals surface area contributed by atoms with E-state index >= 15 is 0 Å². The quantitative estimate of drug-likeness (QED) is 0.683. The van der Waals surface area contributed by atoms with Gasteiger partial charge in [-0.25, -0.2) is 0 Å². The van der Waals surface area contributed by atoms with Crippen LogP contribution in [-0.4, -0.2) is 11.6 Å². The van der Waals surface area contributed by atoms with Gasteiger partial charge in [0.05, 0.1) is 6.61 Å². The van der Waals surface area contributed by atoms with E-state index in [0.717, 1.165) is 30.9 Å². The Labute approximate surface area is 73.6 Å². The Morgan fingerprint density at radius 3 is 2.92 bits per heavy atom. The van der Waals surface area contributed by atoms with Crippen LogP contribution in [0.1, 0.15) is 26.0 Å². The smallest absolute Gasteiger partial charge is 0.122 e. The second-order valence-corrected chi connectivity index (χ2v) is 2.68. The standard InChI is InChI=1S/C10H15NO/c1-3-7-12-10-5-6-11-9(4-2)8-10/h5-6,8H,3-4,7H2,1-2H3. The summed E-state index contributed by atoms with van der Waals surface area (Å²) in [5.74, 6) is 0.934. The molecule has 0 saturated heterocycles. The molecule has 0 aliphatic carbocycles. The van der Waals surface area contributed by atoms with E-state index in [1.165, 1.54) is 0 Å². The molecule has 0 aliphatic heterocycles. The molecule has 0 fully saturated rings. The lowest BCUT2D eigenvalue weighted by atomic mass is 10.3. The van der Waals surface area contributed by atoms with Crippen molar-refractivity contribution in [3.8, 4) is 5.75 Å². The number of pyridine rings is 1. The van der Waals surface area contributed by atoms with E-state index in [0.29, 0.717) is 0 Å². The summed E-state index contributed by atoms with van der Waals surface area (Å²) in [6.45, 7) is 4.97. The SMILES string of the molecule is CCCOc1ccnc(CC)c1. The average molecular weight is 165 g/mol. The molecule has 0 bridgehead atoms. The van der Waals surface area contributed by atoms with Crippen molar-refractivity contribution in [3.63, 3.8) is 0 Å². The first-order valence-electron chi connectivity index (χ1n) is 4.44. The predicted octanol–water partition coefficient (Wildman–Crippen LogP) is 2.43. The molecule has 12 heavy (non-hydrogen) atoms. The highest BCUT2D eigenvalue weighted by molar-refractivity contribution is 5.22. The van der Waals surface area contributed by atoms with Gasteiger partial charge < -0.3 is 4.74 Å². The minimum absolute atomic E-state index is 0.785. The van der Waals surface area contributed by atoms with Gasteiger partial charge in [0.1, 0.15) is 5.75 Å². The summed E-state index contributed by atoms with van der Waals surface area (Å²) in [6, 6.07) is 3.89. The van der Waals surface area contributed by atoms with Gasteiger partial charge >= 0.3 is 0 Å². The van der Waals surface area contributed by atoms with Crippen molar-refractivity contribution in [1.29, 1.82) is 0 Å². The molecule has 1 heterocycles. The first-order chi connectivity index (χ1) is 5.86. The van der Waals surface area contributed by atoms with Crippen LogP contribution in [0.15, 0.2) is 18.3 Å². The fraction of sp³-hybridized carbons (Fsp3) is 0.500. The third-order valence-corrected chi connectivity index (χ3v) is 1.62. The molecule has 2 nitrogen and oxygen atoms in total. The Morgan fingerprint density at radius 1 is 1.42 bits per heavy atom. The first-order valence-corrected chi connectivity index (χ1v) is 4.44. The van der Waals surface area contributed by atoms with Gasteiger partial charge in [0.15, 0.2) is 0 Å². The zero-order valence-electron chi connectivity index (χ0n) is 7.71. The van der Waals surface area contributed by atoms with Crippen molar-refractivity contribution in [3.05, 3.63) is 24.0 Å². The Balaban J connectivity index is 2.60. The van der Waals surface area contributed by atoms with Crippen molar-refractivity contribution in [1.82, 2.24) is 4.98 Å². The van der Waals surface area contributed by atoms with Crippen LogP contribution in [0.25, 0.3) is 0 Å². The summed E-state index contributed by atoms with van der Waals surface area (Å²) >= 11 is 0. The van der Waals surface area contributed by atoms with Crippen molar-refractivity contribution in [2.45, 2.75) is 26.7 Å². The van der Waals surface area contributed by atoms with Crippen LogP contribution in [-0.2, 0) is 6.42 Å². The molecule has 1 aromatic rings. The summed E-state index contributed by atoms with van der Waals surface area (Å²) in [7, 11) is 0. The minimum Gasteiger partial charge on any atom is -0.493 e. The van der Waals surface area contributed by atoms with Crippen LogP contribution < -0.4 is 4.74 Å². The van der Waals surface area contributed by atoms with E-state index in [4.69, 9.17) is 4.74 Å². The lowest BCUT2D eigenvalue weighted by molar-refractivity contribution is 0.316. The van der Waals surface area contributed by atoms with E-state index in [-0.39, 0.29) is 0 Å². The van der Waals surface area contributed by atoms with E-state index in [9.17, 15) is 0 Å². The van der Waals surface area contributed by atoms with E-state index in [1.54, 1.807) is 6.20 Å². The molecule has 0 N–H and O–H groups in total. The number of aryl methyl sites for hydroxylation is 1. The molecule has 0 aliphatic rings. The molecular formula is C10H15NO. The Morgan fingerprint density at radius 2 is 2.25 bits per heavy atom. The van der Waals surface area contributed by atoms with E-state index in [2.05, 4.69) is 18.8 Å². The second kappa shape index (κ2) is 4.75. The summed E-state index contributed by atoms with van der Waals surface area (Å²) in [5, 5.41) is 0. The van der Waals surface area contributed by atoms with Gasteiger partial charge in [-0.1, -0.05) is 13.8 Å². The Bertz CT molecular complexity index is 235. The average Bonchev–Trinajstić information content (AvgIpc) is 2.15. The number of ether oxygens (including phenoxy) is 1. The number of hydrogen-bond acceptors (Lipinski definition) is 2. The third kappa shape index (κ3) is 2.53. The van der Waals surface area contributed by atoms with Gasteiger partial charge in [-0.05, 0) is 18.9 Å². The fourth-order valence-electron chi connectivity index (χ4n) is 0.959. The van der Waals surface area contributed by atoms with Crippen LogP contribution in [0.5, 0.6) is 5.75 Å². The highest BCUT2D eigenvalue weighted by Crippen LogP contribution is 2.11. The molecule has 66 valence electrons. The summed E-state index contributed by atoms with van der Waals surface area (Å²) in [5.41, 5.74) is 1.09. The molecule has 0 atom stereocenters. The van der Waals surface area contributed by atoms with Gasteiger partial charge in [-0.15, -0.1) is 0 Å². The normalized spacial score (nSPS) is 9.83. The Hall–Kier alpha value is -1.05. The maximum Gasteiger partial charge on any atom is 0.122 e. The molecule has 0 spiro atoms. The lowest BCUT2D eigenvalue weighted by Crippen LogP contribution is -1.96. The van der Waals surface area contributed by atoms with Gasteiger partial charge in [0.25, 0.3) is 0 Å². The van der Waals surface area contributed by atoms with Crippen molar-refractivity contribution in [2.24, 2.45) is 0 Å². The number of nitrogens with zero attached hydrogens (tertiary/aromatic N) is 1. The monoisotopic (exact) mass is 165 g/mol. The maximum atomic E-state index is 5.46. The topological polar surface area (TPSA) is 22.1 Å². The second-order valence-electron chi connectivity index (χ2n) is 2.68. The van der Waals surface area contributed by atoms with Crippen molar-refractivity contribution in [2.75, 3.05) is 6.61 Å². The zero-order valence-corrected chi connectivity index (χ0v) is 7.71. The first kappa shape index (κ1) is 9.04. The maximum absolute atomic E-state index is 5.46. The molecule has 0 saturated carbocycles. The lowest BCUT2D eigenvalue weighted by Gasteiger charge is -2.04. The van der Waals surface area contributed by atoms with Crippen molar-refractivity contribution < 1.29 is 4.74 Å².